The van der Waals surface area contributed by atoms with Crippen LogP contribution in [0.4, 0.5) is 0 Å². The number of piperidine rings is 1. The minimum atomic E-state index is -0.575. The SMILES string of the molecule is O=C(O)C1[C@@H]2CCC[C@@H]1CN(Cc1ccccc1)C2. The number of aliphatic carboxylic acids is 1. The Bertz CT molecular complexity index is 431. The van der Waals surface area contributed by atoms with Gasteiger partial charge in [-0.2, -0.15) is 0 Å². The molecule has 2 aliphatic rings. The molecule has 2 bridgehead atoms. The molecule has 0 spiro atoms. The molecule has 19 heavy (non-hydrogen) atoms. The zero-order valence-corrected chi connectivity index (χ0v) is 11.2. The van der Waals surface area contributed by atoms with Crippen molar-refractivity contribution in [1.29, 1.82) is 0 Å². The zero-order valence-electron chi connectivity index (χ0n) is 11.2. The smallest absolute Gasteiger partial charge is 0.307 e. The Hall–Kier alpha value is -1.35. The van der Waals surface area contributed by atoms with E-state index in [2.05, 4.69) is 29.2 Å². The van der Waals surface area contributed by atoms with Crippen LogP contribution in [-0.4, -0.2) is 29.1 Å². The molecule has 1 aliphatic carbocycles. The number of nitrogens with zero attached hydrogens (tertiary/aromatic N) is 1. The van der Waals surface area contributed by atoms with Gasteiger partial charge < -0.3 is 5.11 Å². The minimum absolute atomic E-state index is 0.0965. The topological polar surface area (TPSA) is 40.5 Å². The highest BCUT2D eigenvalue weighted by molar-refractivity contribution is 5.71. The van der Waals surface area contributed by atoms with Gasteiger partial charge >= 0.3 is 5.97 Å². The first-order valence-electron chi connectivity index (χ1n) is 7.23. The maximum atomic E-state index is 11.4. The zero-order chi connectivity index (χ0) is 13.2. The number of hydrogen-bond donors (Lipinski definition) is 1. The molecule has 0 aromatic heterocycles. The van der Waals surface area contributed by atoms with Crippen molar-refractivity contribution in [2.75, 3.05) is 13.1 Å². The van der Waals surface area contributed by atoms with Crippen molar-refractivity contribution in [3.05, 3.63) is 35.9 Å². The Balaban J connectivity index is 1.69. The monoisotopic (exact) mass is 259 g/mol. The maximum absolute atomic E-state index is 11.4. The van der Waals surface area contributed by atoms with Gasteiger partial charge in [-0.1, -0.05) is 36.8 Å². The highest BCUT2D eigenvalue weighted by Gasteiger charge is 2.43. The Morgan fingerprint density at radius 3 is 2.37 bits per heavy atom. The molecule has 0 radical (unpaired) electrons. The molecule has 1 aliphatic heterocycles. The van der Waals surface area contributed by atoms with E-state index in [0.717, 1.165) is 32.5 Å². The Kier molecular flexibility index (Phi) is 3.56. The van der Waals surface area contributed by atoms with Crippen LogP contribution in [0.2, 0.25) is 0 Å². The van der Waals surface area contributed by atoms with Crippen molar-refractivity contribution in [2.24, 2.45) is 17.8 Å². The van der Waals surface area contributed by atoms with Gasteiger partial charge in [0.05, 0.1) is 5.92 Å². The lowest BCUT2D eigenvalue weighted by molar-refractivity contribution is -0.151. The minimum Gasteiger partial charge on any atom is -0.481 e. The Morgan fingerprint density at radius 1 is 1.16 bits per heavy atom. The lowest BCUT2D eigenvalue weighted by Crippen LogP contribution is -2.50. The molecule has 3 nitrogen and oxygen atoms in total. The van der Waals surface area contributed by atoms with Crippen LogP contribution in [0.1, 0.15) is 24.8 Å². The van der Waals surface area contributed by atoms with E-state index in [1.165, 1.54) is 12.0 Å². The first-order valence-corrected chi connectivity index (χ1v) is 7.23. The number of rotatable bonds is 3. The molecule has 3 rings (SSSR count). The molecule has 1 heterocycles. The van der Waals surface area contributed by atoms with Gasteiger partial charge in [0.2, 0.25) is 0 Å². The molecular weight excluding hydrogens is 238 g/mol. The molecule has 102 valence electrons. The summed E-state index contributed by atoms with van der Waals surface area (Å²) in [4.78, 5) is 13.9. The van der Waals surface area contributed by atoms with Crippen molar-refractivity contribution in [2.45, 2.75) is 25.8 Å². The van der Waals surface area contributed by atoms with Gasteiger partial charge in [0.15, 0.2) is 0 Å². The summed E-state index contributed by atoms with van der Waals surface area (Å²) in [7, 11) is 0. The first kappa shape index (κ1) is 12.7. The third kappa shape index (κ3) is 2.66. The van der Waals surface area contributed by atoms with Crippen LogP contribution < -0.4 is 0 Å². The van der Waals surface area contributed by atoms with Crippen LogP contribution in [0.15, 0.2) is 30.3 Å². The lowest BCUT2D eigenvalue weighted by Gasteiger charge is -2.45. The average molecular weight is 259 g/mol. The molecule has 3 heteroatoms. The molecule has 1 aromatic rings. The summed E-state index contributed by atoms with van der Waals surface area (Å²) in [5.74, 6) is 0.0391. The maximum Gasteiger partial charge on any atom is 0.307 e. The summed E-state index contributed by atoms with van der Waals surface area (Å²) in [6.07, 6.45) is 3.37. The van der Waals surface area contributed by atoms with E-state index < -0.39 is 5.97 Å². The number of hydrogen-bond acceptors (Lipinski definition) is 2. The second-order valence-electron chi connectivity index (χ2n) is 5.99. The highest BCUT2D eigenvalue weighted by Crippen LogP contribution is 2.40. The average Bonchev–Trinajstić information content (AvgIpc) is 2.38. The van der Waals surface area contributed by atoms with Crippen molar-refractivity contribution in [3.8, 4) is 0 Å². The third-order valence-corrected chi connectivity index (χ3v) is 4.69. The first-order chi connectivity index (χ1) is 9.24. The van der Waals surface area contributed by atoms with E-state index in [1.807, 2.05) is 6.07 Å². The number of carbonyl (C=O) groups is 1. The quantitative estimate of drug-likeness (QED) is 0.907. The number of carboxylic acid groups (broad SMARTS) is 1. The van der Waals surface area contributed by atoms with E-state index >= 15 is 0 Å². The summed E-state index contributed by atoms with van der Waals surface area (Å²) in [5.41, 5.74) is 1.33. The fourth-order valence-corrected chi connectivity index (χ4v) is 3.91. The van der Waals surface area contributed by atoms with Crippen LogP contribution in [0.3, 0.4) is 0 Å². The molecule has 2 fully saturated rings. The van der Waals surface area contributed by atoms with E-state index in [0.29, 0.717) is 11.8 Å². The lowest BCUT2D eigenvalue weighted by atomic mass is 9.69. The molecule has 1 N–H and O–H groups in total. The Morgan fingerprint density at radius 2 is 1.79 bits per heavy atom. The van der Waals surface area contributed by atoms with E-state index in [1.54, 1.807) is 0 Å². The van der Waals surface area contributed by atoms with E-state index in [-0.39, 0.29) is 5.92 Å². The second-order valence-corrected chi connectivity index (χ2v) is 5.99. The number of likely N-dealkylation sites (tertiary alicyclic amines) is 1. The molecule has 1 saturated carbocycles. The predicted octanol–water partition coefficient (Wildman–Crippen LogP) is 2.62. The summed E-state index contributed by atoms with van der Waals surface area (Å²) >= 11 is 0. The third-order valence-electron chi connectivity index (χ3n) is 4.69. The van der Waals surface area contributed by atoms with E-state index in [4.69, 9.17) is 0 Å². The van der Waals surface area contributed by atoms with Gasteiger partial charge in [-0.3, -0.25) is 9.69 Å². The molecule has 0 unspecified atom stereocenters. The normalized spacial score (nSPS) is 31.1. The van der Waals surface area contributed by atoms with Gasteiger partial charge in [0.1, 0.15) is 0 Å². The van der Waals surface area contributed by atoms with Crippen molar-refractivity contribution >= 4 is 5.97 Å². The number of benzene rings is 1. The highest BCUT2D eigenvalue weighted by atomic mass is 16.4. The van der Waals surface area contributed by atoms with E-state index in [9.17, 15) is 9.90 Å². The fraction of sp³-hybridized carbons (Fsp3) is 0.562. The van der Waals surface area contributed by atoms with Gasteiger partial charge in [-0.25, -0.2) is 0 Å². The summed E-state index contributed by atoms with van der Waals surface area (Å²) < 4.78 is 0. The number of carboxylic acids is 1. The van der Waals surface area contributed by atoms with Crippen molar-refractivity contribution in [3.63, 3.8) is 0 Å². The summed E-state index contributed by atoms with van der Waals surface area (Å²) in [6, 6.07) is 10.5. The molecular formula is C16H21NO2. The van der Waals surface area contributed by atoms with Gasteiger partial charge in [-0.15, -0.1) is 0 Å². The van der Waals surface area contributed by atoms with Crippen LogP contribution >= 0.6 is 0 Å². The summed E-state index contributed by atoms with van der Waals surface area (Å²) in [5, 5.41) is 9.40. The fourth-order valence-electron chi connectivity index (χ4n) is 3.91. The molecule has 0 amide bonds. The van der Waals surface area contributed by atoms with Crippen LogP contribution in [0.25, 0.3) is 0 Å². The molecule has 1 aromatic carbocycles. The van der Waals surface area contributed by atoms with Crippen LogP contribution in [0.5, 0.6) is 0 Å². The van der Waals surface area contributed by atoms with Gasteiger partial charge in [0.25, 0.3) is 0 Å². The van der Waals surface area contributed by atoms with Gasteiger partial charge in [0, 0.05) is 19.6 Å². The predicted molar refractivity (Wildman–Crippen MR) is 73.7 cm³/mol. The second kappa shape index (κ2) is 5.33. The molecule has 2 atom stereocenters. The molecule has 1 saturated heterocycles. The van der Waals surface area contributed by atoms with Crippen LogP contribution in [0, 0.1) is 17.8 Å². The summed E-state index contributed by atoms with van der Waals surface area (Å²) in [6.45, 7) is 2.85. The standard InChI is InChI=1S/C16H21NO2/c18-16(19)15-13-7-4-8-14(15)11-17(10-13)9-12-5-2-1-3-6-12/h1-3,5-6,13-15H,4,7-11H2,(H,18,19)/t13-,14-/m1/s1. The van der Waals surface area contributed by atoms with Gasteiger partial charge in [-0.05, 0) is 30.2 Å². The number of fused-ring (bicyclic) bond motifs is 2. The Labute approximate surface area is 114 Å². The largest absolute Gasteiger partial charge is 0.481 e. The van der Waals surface area contributed by atoms with Crippen LogP contribution in [-0.2, 0) is 11.3 Å². The van der Waals surface area contributed by atoms with Crippen molar-refractivity contribution in [1.82, 2.24) is 4.90 Å². The van der Waals surface area contributed by atoms with Crippen molar-refractivity contribution < 1.29 is 9.90 Å².